The van der Waals surface area contributed by atoms with Crippen molar-refractivity contribution in [2.45, 2.75) is 32.7 Å². The molecular formula is C17H25NO4S. The van der Waals surface area contributed by atoms with E-state index in [2.05, 4.69) is 0 Å². The van der Waals surface area contributed by atoms with Gasteiger partial charge in [-0.15, -0.1) is 0 Å². The standard InChI is InChI=1S/C17H25NO4S/c1-4-18(17(19)15-9-10-23(20,21)12-15)13(2)11-14-5-7-16(22-3)8-6-14/h5-8,13,15H,4,9-12H2,1-3H3/t13-,15-/m0/s1. The van der Waals surface area contributed by atoms with Crippen molar-refractivity contribution in [2.24, 2.45) is 5.92 Å². The third-order valence-electron chi connectivity index (χ3n) is 4.43. The molecule has 0 saturated carbocycles. The zero-order valence-electron chi connectivity index (χ0n) is 14.0. The van der Waals surface area contributed by atoms with E-state index in [0.717, 1.165) is 17.7 Å². The number of nitrogens with zero attached hydrogens (tertiary/aromatic N) is 1. The summed E-state index contributed by atoms with van der Waals surface area (Å²) in [4.78, 5) is 14.4. The number of carbonyl (C=O) groups excluding carboxylic acids is 1. The van der Waals surface area contributed by atoms with Crippen LogP contribution in [-0.2, 0) is 21.1 Å². The molecular weight excluding hydrogens is 314 g/mol. The summed E-state index contributed by atoms with van der Waals surface area (Å²) in [6.45, 7) is 4.54. The molecule has 2 atom stereocenters. The van der Waals surface area contributed by atoms with Gasteiger partial charge in [-0.05, 0) is 44.4 Å². The molecule has 1 aliphatic rings. The first-order valence-corrected chi connectivity index (χ1v) is 9.82. The molecule has 0 radical (unpaired) electrons. The molecule has 0 aromatic heterocycles. The van der Waals surface area contributed by atoms with Crippen LogP contribution in [0.25, 0.3) is 0 Å². The molecule has 1 aromatic carbocycles. The number of benzene rings is 1. The van der Waals surface area contributed by atoms with Gasteiger partial charge in [-0.1, -0.05) is 12.1 Å². The largest absolute Gasteiger partial charge is 0.497 e. The molecule has 1 aromatic rings. The Morgan fingerprint density at radius 3 is 2.48 bits per heavy atom. The number of hydrogen-bond acceptors (Lipinski definition) is 4. The summed E-state index contributed by atoms with van der Waals surface area (Å²) >= 11 is 0. The molecule has 1 aliphatic heterocycles. The quantitative estimate of drug-likeness (QED) is 0.794. The Morgan fingerprint density at radius 1 is 1.35 bits per heavy atom. The van der Waals surface area contributed by atoms with Crippen LogP contribution < -0.4 is 4.74 Å². The highest BCUT2D eigenvalue weighted by Crippen LogP contribution is 2.23. The van der Waals surface area contributed by atoms with Crippen LogP contribution in [0.1, 0.15) is 25.8 Å². The Balaban J connectivity index is 2.02. The van der Waals surface area contributed by atoms with Gasteiger partial charge in [-0.25, -0.2) is 8.42 Å². The number of sulfone groups is 1. The Labute approximate surface area is 138 Å². The molecule has 1 heterocycles. The maximum Gasteiger partial charge on any atom is 0.226 e. The normalized spacial score (nSPS) is 20.9. The van der Waals surface area contributed by atoms with Crippen molar-refractivity contribution in [1.82, 2.24) is 4.90 Å². The second-order valence-corrected chi connectivity index (χ2v) is 8.35. The lowest BCUT2D eigenvalue weighted by atomic mass is 10.0. The van der Waals surface area contributed by atoms with Gasteiger partial charge in [-0.3, -0.25) is 4.79 Å². The molecule has 0 aliphatic carbocycles. The molecule has 128 valence electrons. The summed E-state index contributed by atoms with van der Waals surface area (Å²) in [5.41, 5.74) is 1.13. The van der Waals surface area contributed by atoms with E-state index in [4.69, 9.17) is 4.74 Å². The third kappa shape index (κ3) is 4.47. The van der Waals surface area contributed by atoms with Gasteiger partial charge in [0.1, 0.15) is 5.75 Å². The van der Waals surface area contributed by atoms with E-state index in [9.17, 15) is 13.2 Å². The third-order valence-corrected chi connectivity index (χ3v) is 6.20. The summed E-state index contributed by atoms with van der Waals surface area (Å²) < 4.78 is 28.3. The number of rotatable bonds is 6. The fourth-order valence-electron chi connectivity index (χ4n) is 3.12. The summed E-state index contributed by atoms with van der Waals surface area (Å²) in [5.74, 6) is 0.527. The van der Waals surface area contributed by atoms with Crippen molar-refractivity contribution in [3.8, 4) is 5.75 Å². The zero-order chi connectivity index (χ0) is 17.0. The first-order chi connectivity index (χ1) is 10.9. The minimum Gasteiger partial charge on any atom is -0.497 e. The smallest absolute Gasteiger partial charge is 0.226 e. The first-order valence-electron chi connectivity index (χ1n) is 8.00. The van der Waals surface area contributed by atoms with Crippen LogP contribution in [0.4, 0.5) is 0 Å². The average molecular weight is 339 g/mol. The number of carbonyl (C=O) groups is 1. The minimum atomic E-state index is -3.04. The van der Waals surface area contributed by atoms with E-state index in [1.807, 2.05) is 38.1 Å². The summed E-state index contributed by atoms with van der Waals surface area (Å²) in [6, 6.07) is 7.83. The van der Waals surface area contributed by atoms with Gasteiger partial charge in [0.25, 0.3) is 0 Å². The molecule has 0 bridgehead atoms. The SMILES string of the molecule is CCN(C(=O)[C@H]1CCS(=O)(=O)C1)[C@@H](C)Cc1ccc(OC)cc1. The van der Waals surface area contributed by atoms with E-state index in [1.54, 1.807) is 12.0 Å². The van der Waals surface area contributed by atoms with Gasteiger partial charge in [0, 0.05) is 12.6 Å². The Morgan fingerprint density at radius 2 is 2.00 bits per heavy atom. The Hall–Kier alpha value is -1.56. The molecule has 0 unspecified atom stereocenters. The maximum absolute atomic E-state index is 12.6. The first kappa shape index (κ1) is 17.8. The van der Waals surface area contributed by atoms with Gasteiger partial charge in [-0.2, -0.15) is 0 Å². The molecule has 0 spiro atoms. The maximum atomic E-state index is 12.6. The molecule has 23 heavy (non-hydrogen) atoms. The molecule has 1 saturated heterocycles. The number of hydrogen-bond donors (Lipinski definition) is 0. The highest BCUT2D eigenvalue weighted by Gasteiger charge is 2.36. The van der Waals surface area contributed by atoms with E-state index in [0.29, 0.717) is 13.0 Å². The van der Waals surface area contributed by atoms with E-state index in [-0.39, 0.29) is 29.4 Å². The Kier molecular flexibility index (Phi) is 5.68. The predicted octanol–water partition coefficient (Wildman–Crippen LogP) is 1.91. The van der Waals surface area contributed by atoms with Crippen molar-refractivity contribution in [3.63, 3.8) is 0 Å². The monoisotopic (exact) mass is 339 g/mol. The molecule has 0 N–H and O–H groups in total. The van der Waals surface area contributed by atoms with Gasteiger partial charge in [0.05, 0.1) is 24.5 Å². The lowest BCUT2D eigenvalue weighted by Crippen LogP contribution is -2.43. The summed E-state index contributed by atoms with van der Waals surface area (Å²) in [7, 11) is -1.41. The van der Waals surface area contributed by atoms with E-state index >= 15 is 0 Å². The zero-order valence-corrected chi connectivity index (χ0v) is 14.8. The molecule has 1 amide bonds. The van der Waals surface area contributed by atoms with Crippen molar-refractivity contribution >= 4 is 15.7 Å². The van der Waals surface area contributed by atoms with Gasteiger partial charge in [0.2, 0.25) is 5.91 Å². The van der Waals surface area contributed by atoms with Crippen molar-refractivity contribution in [2.75, 3.05) is 25.2 Å². The van der Waals surface area contributed by atoms with Crippen LogP contribution in [0.3, 0.4) is 0 Å². The van der Waals surface area contributed by atoms with Crippen LogP contribution in [0.5, 0.6) is 5.75 Å². The lowest BCUT2D eigenvalue weighted by Gasteiger charge is -2.30. The van der Waals surface area contributed by atoms with Crippen LogP contribution in [0, 0.1) is 5.92 Å². The second-order valence-electron chi connectivity index (χ2n) is 6.13. The van der Waals surface area contributed by atoms with Crippen LogP contribution >= 0.6 is 0 Å². The number of likely N-dealkylation sites (N-methyl/N-ethyl adjacent to an activating group) is 1. The summed E-state index contributed by atoms with van der Waals surface area (Å²) in [5, 5.41) is 0. The van der Waals surface area contributed by atoms with Crippen molar-refractivity contribution in [1.29, 1.82) is 0 Å². The molecule has 6 heteroatoms. The van der Waals surface area contributed by atoms with Gasteiger partial charge < -0.3 is 9.64 Å². The van der Waals surface area contributed by atoms with Crippen molar-refractivity contribution < 1.29 is 17.9 Å². The minimum absolute atomic E-state index is 0.00239. The van der Waals surface area contributed by atoms with E-state index in [1.165, 1.54) is 0 Å². The molecule has 2 rings (SSSR count). The van der Waals surface area contributed by atoms with Crippen molar-refractivity contribution in [3.05, 3.63) is 29.8 Å². The van der Waals surface area contributed by atoms with Crippen LogP contribution in [0.15, 0.2) is 24.3 Å². The topological polar surface area (TPSA) is 63.7 Å². The highest BCUT2D eigenvalue weighted by molar-refractivity contribution is 7.91. The lowest BCUT2D eigenvalue weighted by molar-refractivity contribution is -0.136. The fraction of sp³-hybridized carbons (Fsp3) is 0.588. The van der Waals surface area contributed by atoms with Crippen LogP contribution in [-0.4, -0.2) is 50.4 Å². The van der Waals surface area contributed by atoms with Gasteiger partial charge >= 0.3 is 0 Å². The Bertz CT molecular complexity index is 639. The number of amides is 1. The fourth-order valence-corrected chi connectivity index (χ4v) is 4.85. The second kappa shape index (κ2) is 7.34. The number of methoxy groups -OCH3 is 1. The van der Waals surface area contributed by atoms with Crippen LogP contribution in [0.2, 0.25) is 0 Å². The highest BCUT2D eigenvalue weighted by atomic mass is 32.2. The number of ether oxygens (including phenoxy) is 1. The van der Waals surface area contributed by atoms with Gasteiger partial charge in [0.15, 0.2) is 9.84 Å². The van der Waals surface area contributed by atoms with E-state index < -0.39 is 9.84 Å². The summed E-state index contributed by atoms with van der Waals surface area (Å²) in [6.07, 6.45) is 1.19. The molecule has 1 fully saturated rings. The average Bonchev–Trinajstić information content (AvgIpc) is 2.89. The predicted molar refractivity (Wildman–Crippen MR) is 90.3 cm³/mol. The molecule has 5 nitrogen and oxygen atoms in total.